The third kappa shape index (κ3) is 3.43. The van der Waals surface area contributed by atoms with E-state index in [1.54, 1.807) is 0 Å². The van der Waals surface area contributed by atoms with Gasteiger partial charge in [-0.3, -0.25) is 0 Å². The molecule has 3 rings (SSSR count). The topological polar surface area (TPSA) is 37.4 Å². The van der Waals surface area contributed by atoms with Crippen molar-refractivity contribution in [1.82, 2.24) is 4.31 Å². The van der Waals surface area contributed by atoms with E-state index in [9.17, 15) is 21.6 Å². The molecule has 1 fully saturated rings. The molecule has 0 heterocycles. The van der Waals surface area contributed by atoms with E-state index < -0.39 is 32.4 Å². The van der Waals surface area contributed by atoms with Gasteiger partial charge in [0, 0.05) is 29.2 Å². The Morgan fingerprint density at radius 1 is 1.08 bits per heavy atom. The fourth-order valence-corrected chi connectivity index (χ4v) is 4.34. The maximum absolute atomic E-state index is 14.0. The summed E-state index contributed by atoms with van der Waals surface area (Å²) in [6, 6.07) is 5.80. The van der Waals surface area contributed by atoms with Crippen LogP contribution in [0.25, 0.3) is 0 Å². The summed E-state index contributed by atoms with van der Waals surface area (Å²) in [4.78, 5) is -0.501. The van der Waals surface area contributed by atoms with E-state index in [4.69, 9.17) is 11.6 Å². The van der Waals surface area contributed by atoms with Gasteiger partial charge in [0.1, 0.15) is 17.5 Å². The van der Waals surface area contributed by atoms with Gasteiger partial charge in [-0.05, 0) is 37.1 Å². The smallest absolute Gasteiger partial charge is 0.207 e. The van der Waals surface area contributed by atoms with Crippen molar-refractivity contribution in [3.05, 3.63) is 64.4 Å². The van der Waals surface area contributed by atoms with Crippen molar-refractivity contribution in [2.75, 3.05) is 0 Å². The number of nitrogens with zero attached hydrogens (tertiary/aromatic N) is 1. The molecule has 8 heteroatoms. The summed E-state index contributed by atoms with van der Waals surface area (Å²) in [5, 5.41) is 0.0984. The molecule has 0 aliphatic heterocycles. The average Bonchev–Trinajstić information content (AvgIpc) is 3.30. The van der Waals surface area contributed by atoms with E-state index in [2.05, 4.69) is 0 Å². The summed E-state index contributed by atoms with van der Waals surface area (Å²) in [5.41, 5.74) is 0.0338. The van der Waals surface area contributed by atoms with Crippen LogP contribution in [0.4, 0.5) is 13.2 Å². The molecule has 1 aliphatic rings. The standard InChI is InChI=1S/C16H13ClF3NO2S/c17-15-2-1-3-16(20)14(15)9-21(12-4-5-12)24(22,23)13-7-10(18)6-11(19)8-13/h1-3,6-8,12H,4-5,9H2. The zero-order chi connectivity index (χ0) is 17.5. The summed E-state index contributed by atoms with van der Waals surface area (Å²) < 4.78 is 67.4. The SMILES string of the molecule is O=S(=O)(c1cc(F)cc(F)c1)N(Cc1c(F)cccc1Cl)C1CC1. The summed E-state index contributed by atoms with van der Waals surface area (Å²) in [5.74, 6) is -2.62. The van der Waals surface area contributed by atoms with Crippen LogP contribution < -0.4 is 0 Å². The minimum absolute atomic E-state index is 0.0338. The highest BCUT2D eigenvalue weighted by atomic mass is 35.5. The zero-order valence-corrected chi connectivity index (χ0v) is 13.9. The first-order chi connectivity index (χ1) is 11.3. The molecule has 3 nitrogen and oxygen atoms in total. The molecular weight excluding hydrogens is 363 g/mol. The fourth-order valence-electron chi connectivity index (χ4n) is 2.42. The molecular formula is C16H13ClF3NO2S. The van der Waals surface area contributed by atoms with Gasteiger partial charge in [0.05, 0.1) is 4.90 Å². The minimum atomic E-state index is -4.19. The largest absolute Gasteiger partial charge is 0.243 e. The second-order valence-corrected chi connectivity index (χ2v) is 7.88. The molecule has 1 aliphatic carbocycles. The summed E-state index contributed by atoms with van der Waals surface area (Å²) in [7, 11) is -4.19. The molecule has 0 N–H and O–H groups in total. The van der Waals surface area contributed by atoms with E-state index in [0.29, 0.717) is 18.9 Å². The summed E-state index contributed by atoms with van der Waals surface area (Å²) in [6.45, 7) is -0.295. The van der Waals surface area contributed by atoms with E-state index in [-0.39, 0.29) is 23.2 Å². The van der Waals surface area contributed by atoms with Crippen molar-refractivity contribution in [1.29, 1.82) is 0 Å². The van der Waals surface area contributed by atoms with Crippen molar-refractivity contribution in [2.24, 2.45) is 0 Å². The molecule has 0 unspecified atom stereocenters. The normalized spacial score (nSPS) is 15.0. The highest BCUT2D eigenvalue weighted by Gasteiger charge is 2.39. The van der Waals surface area contributed by atoms with Crippen LogP contribution in [0.3, 0.4) is 0 Å². The van der Waals surface area contributed by atoms with Crippen LogP contribution >= 0.6 is 11.6 Å². The Balaban J connectivity index is 2.02. The van der Waals surface area contributed by atoms with Crippen LogP contribution in [0.5, 0.6) is 0 Å². The minimum Gasteiger partial charge on any atom is -0.207 e. The molecule has 24 heavy (non-hydrogen) atoms. The number of hydrogen-bond donors (Lipinski definition) is 0. The first-order valence-corrected chi connectivity index (χ1v) is 9.01. The molecule has 1 saturated carbocycles. The fraction of sp³-hybridized carbons (Fsp3) is 0.250. The van der Waals surface area contributed by atoms with E-state index in [1.165, 1.54) is 18.2 Å². The Morgan fingerprint density at radius 2 is 1.71 bits per heavy atom. The number of halogens is 4. The molecule has 0 spiro atoms. The van der Waals surface area contributed by atoms with Gasteiger partial charge in [0.15, 0.2) is 0 Å². The Kier molecular flexibility index (Phi) is 4.59. The van der Waals surface area contributed by atoms with Gasteiger partial charge >= 0.3 is 0 Å². The van der Waals surface area contributed by atoms with Gasteiger partial charge in [-0.15, -0.1) is 0 Å². The molecule has 0 saturated heterocycles. The van der Waals surface area contributed by atoms with Crippen molar-refractivity contribution in [3.63, 3.8) is 0 Å². The predicted molar refractivity (Wildman–Crippen MR) is 83.5 cm³/mol. The third-order valence-electron chi connectivity index (χ3n) is 3.77. The Hall–Kier alpha value is -1.57. The monoisotopic (exact) mass is 375 g/mol. The highest BCUT2D eigenvalue weighted by Crippen LogP contribution is 2.35. The van der Waals surface area contributed by atoms with Crippen molar-refractivity contribution in [2.45, 2.75) is 30.3 Å². The first-order valence-electron chi connectivity index (χ1n) is 7.20. The maximum Gasteiger partial charge on any atom is 0.243 e. The molecule has 2 aromatic rings. The van der Waals surface area contributed by atoms with Crippen LogP contribution in [-0.4, -0.2) is 18.8 Å². The Labute approximate surface area is 142 Å². The number of sulfonamides is 1. The van der Waals surface area contributed by atoms with Crippen molar-refractivity contribution < 1.29 is 21.6 Å². The maximum atomic E-state index is 14.0. The Bertz CT molecular complexity index is 844. The van der Waals surface area contributed by atoms with Gasteiger partial charge in [-0.25, -0.2) is 21.6 Å². The van der Waals surface area contributed by atoms with Crippen LogP contribution in [0.1, 0.15) is 18.4 Å². The molecule has 2 aromatic carbocycles. The molecule has 0 atom stereocenters. The predicted octanol–water partition coefficient (Wildman–Crippen LogP) is 4.11. The quantitative estimate of drug-likeness (QED) is 0.788. The van der Waals surface area contributed by atoms with Crippen LogP contribution in [0.15, 0.2) is 41.3 Å². The van der Waals surface area contributed by atoms with Gasteiger partial charge in [-0.1, -0.05) is 17.7 Å². The zero-order valence-electron chi connectivity index (χ0n) is 12.3. The molecule has 0 radical (unpaired) electrons. The molecule has 128 valence electrons. The first kappa shape index (κ1) is 17.3. The Morgan fingerprint density at radius 3 is 2.25 bits per heavy atom. The second kappa shape index (κ2) is 6.38. The highest BCUT2D eigenvalue weighted by molar-refractivity contribution is 7.89. The lowest BCUT2D eigenvalue weighted by atomic mass is 10.2. The van der Waals surface area contributed by atoms with Crippen molar-refractivity contribution in [3.8, 4) is 0 Å². The van der Waals surface area contributed by atoms with Gasteiger partial charge < -0.3 is 0 Å². The number of rotatable bonds is 5. The van der Waals surface area contributed by atoms with Gasteiger partial charge in [0.2, 0.25) is 10.0 Å². The second-order valence-electron chi connectivity index (χ2n) is 5.59. The van der Waals surface area contributed by atoms with Crippen LogP contribution in [0.2, 0.25) is 5.02 Å². The van der Waals surface area contributed by atoms with E-state index in [0.717, 1.165) is 16.4 Å². The van der Waals surface area contributed by atoms with Crippen molar-refractivity contribution >= 4 is 21.6 Å². The van der Waals surface area contributed by atoms with E-state index >= 15 is 0 Å². The van der Waals surface area contributed by atoms with E-state index in [1.807, 2.05) is 0 Å². The lowest BCUT2D eigenvalue weighted by Gasteiger charge is -2.23. The average molecular weight is 376 g/mol. The number of benzene rings is 2. The lowest BCUT2D eigenvalue weighted by molar-refractivity contribution is 0.391. The molecule has 0 bridgehead atoms. The molecule has 0 aromatic heterocycles. The lowest BCUT2D eigenvalue weighted by Crippen LogP contribution is -2.33. The van der Waals surface area contributed by atoms with Crippen LogP contribution in [0, 0.1) is 17.5 Å². The summed E-state index contributed by atoms with van der Waals surface area (Å²) in [6.07, 6.45) is 1.20. The van der Waals surface area contributed by atoms with Gasteiger partial charge in [-0.2, -0.15) is 4.31 Å². The summed E-state index contributed by atoms with van der Waals surface area (Å²) >= 11 is 5.96. The van der Waals surface area contributed by atoms with Gasteiger partial charge in [0.25, 0.3) is 0 Å². The number of hydrogen-bond acceptors (Lipinski definition) is 2. The molecule has 0 amide bonds. The van der Waals surface area contributed by atoms with Crippen LogP contribution in [-0.2, 0) is 16.6 Å². The third-order valence-corrected chi connectivity index (χ3v) is 6.00.